The Balaban J connectivity index is 2.65. The molecule has 0 aliphatic carbocycles. The van der Waals surface area contributed by atoms with Crippen molar-refractivity contribution in [1.82, 2.24) is 10.2 Å². The molecule has 0 unspecified atom stereocenters. The van der Waals surface area contributed by atoms with Crippen LogP contribution in [0.3, 0.4) is 0 Å². The summed E-state index contributed by atoms with van der Waals surface area (Å²) in [5, 5.41) is 2.85. The molecule has 1 aromatic rings. The van der Waals surface area contributed by atoms with Crippen molar-refractivity contribution in [2.75, 3.05) is 27.2 Å². The Kier molecular flexibility index (Phi) is 5.50. The molecule has 3 nitrogen and oxygen atoms in total. The van der Waals surface area contributed by atoms with Gasteiger partial charge in [-0.15, -0.1) is 0 Å². The molecular weight excluding hydrogens is 311 g/mol. The predicted octanol–water partition coefficient (Wildman–Crippen LogP) is 2.91. The van der Waals surface area contributed by atoms with Crippen molar-refractivity contribution >= 4 is 21.8 Å². The van der Waals surface area contributed by atoms with E-state index in [2.05, 4.69) is 40.0 Å². The van der Waals surface area contributed by atoms with Gasteiger partial charge in [0.2, 0.25) is 0 Å². The van der Waals surface area contributed by atoms with Crippen LogP contribution in [0.5, 0.6) is 0 Å². The first-order valence-corrected chi connectivity index (χ1v) is 6.88. The number of nitrogens with one attached hydrogen (secondary N) is 1. The van der Waals surface area contributed by atoms with Gasteiger partial charge in [-0.1, -0.05) is 29.8 Å². The average Bonchev–Trinajstić information content (AvgIpc) is 2.22. The van der Waals surface area contributed by atoms with Crippen molar-refractivity contribution in [2.45, 2.75) is 13.8 Å². The molecule has 1 N–H and O–H groups in total. The van der Waals surface area contributed by atoms with Crippen LogP contribution in [0.1, 0.15) is 24.2 Å². The zero-order chi connectivity index (χ0) is 14.6. The first kappa shape index (κ1) is 16.1. The van der Waals surface area contributed by atoms with E-state index in [-0.39, 0.29) is 11.3 Å². The van der Waals surface area contributed by atoms with Gasteiger partial charge in [0.1, 0.15) is 5.82 Å². The third-order valence-electron chi connectivity index (χ3n) is 2.60. The first-order valence-electron chi connectivity index (χ1n) is 6.09. The van der Waals surface area contributed by atoms with Crippen molar-refractivity contribution in [3.05, 3.63) is 34.1 Å². The zero-order valence-electron chi connectivity index (χ0n) is 11.8. The number of rotatable bonds is 5. The fourth-order valence-electron chi connectivity index (χ4n) is 2.02. The van der Waals surface area contributed by atoms with Gasteiger partial charge in [0.15, 0.2) is 0 Å². The van der Waals surface area contributed by atoms with Crippen molar-refractivity contribution < 1.29 is 9.18 Å². The highest BCUT2D eigenvalue weighted by atomic mass is 79.9. The van der Waals surface area contributed by atoms with E-state index in [9.17, 15) is 9.18 Å². The second kappa shape index (κ2) is 6.48. The number of amides is 1. The number of hydrogen-bond donors (Lipinski definition) is 1. The second-order valence-electron chi connectivity index (χ2n) is 5.74. The van der Waals surface area contributed by atoms with Crippen LogP contribution in [-0.4, -0.2) is 38.0 Å². The number of carbonyl (C=O) groups is 1. The SMILES string of the molecule is CN(C)CC(C)(C)CNC(=O)c1cc(F)cc(Br)c1. The molecule has 0 aromatic heterocycles. The van der Waals surface area contributed by atoms with Crippen molar-refractivity contribution in [3.63, 3.8) is 0 Å². The topological polar surface area (TPSA) is 32.3 Å². The quantitative estimate of drug-likeness (QED) is 0.900. The van der Waals surface area contributed by atoms with Crippen LogP contribution in [0.25, 0.3) is 0 Å². The highest BCUT2D eigenvalue weighted by molar-refractivity contribution is 9.10. The van der Waals surface area contributed by atoms with Crippen LogP contribution >= 0.6 is 15.9 Å². The zero-order valence-corrected chi connectivity index (χ0v) is 13.3. The minimum atomic E-state index is -0.424. The highest BCUT2D eigenvalue weighted by Crippen LogP contribution is 2.17. The van der Waals surface area contributed by atoms with E-state index >= 15 is 0 Å². The number of halogens is 2. The van der Waals surface area contributed by atoms with Crippen LogP contribution < -0.4 is 5.32 Å². The van der Waals surface area contributed by atoms with Crippen LogP contribution in [0, 0.1) is 11.2 Å². The fourth-order valence-corrected chi connectivity index (χ4v) is 2.48. The number of carbonyl (C=O) groups excluding carboxylic acids is 1. The maximum atomic E-state index is 13.2. The summed E-state index contributed by atoms with van der Waals surface area (Å²) in [6.45, 7) is 5.56. The molecule has 5 heteroatoms. The van der Waals surface area contributed by atoms with Gasteiger partial charge in [-0.2, -0.15) is 0 Å². The number of benzene rings is 1. The summed E-state index contributed by atoms with van der Waals surface area (Å²) in [5.41, 5.74) is 0.288. The first-order chi connectivity index (χ1) is 8.69. The van der Waals surface area contributed by atoms with Gasteiger partial charge in [-0.3, -0.25) is 4.79 Å². The minimum Gasteiger partial charge on any atom is -0.351 e. The van der Waals surface area contributed by atoms with Crippen LogP contribution in [0.4, 0.5) is 4.39 Å². The summed E-state index contributed by atoms with van der Waals surface area (Å²) >= 11 is 3.18. The lowest BCUT2D eigenvalue weighted by Gasteiger charge is -2.28. The number of hydrogen-bond acceptors (Lipinski definition) is 2. The second-order valence-corrected chi connectivity index (χ2v) is 6.66. The van der Waals surface area contributed by atoms with E-state index in [0.29, 0.717) is 16.6 Å². The Labute approximate surface area is 122 Å². The molecule has 1 rings (SSSR count). The van der Waals surface area contributed by atoms with E-state index in [1.165, 1.54) is 12.1 Å². The molecule has 0 saturated carbocycles. The molecular formula is C14H20BrFN2O. The van der Waals surface area contributed by atoms with Crippen molar-refractivity contribution in [1.29, 1.82) is 0 Å². The van der Waals surface area contributed by atoms with Gasteiger partial charge in [0.05, 0.1) is 0 Å². The van der Waals surface area contributed by atoms with Crippen molar-refractivity contribution in [2.24, 2.45) is 5.41 Å². The lowest BCUT2D eigenvalue weighted by molar-refractivity contribution is 0.0928. The molecule has 0 saturated heterocycles. The van der Waals surface area contributed by atoms with Gasteiger partial charge < -0.3 is 10.2 Å². The van der Waals surface area contributed by atoms with E-state index < -0.39 is 5.82 Å². The van der Waals surface area contributed by atoms with Crippen LogP contribution in [-0.2, 0) is 0 Å². The van der Waals surface area contributed by atoms with E-state index in [0.717, 1.165) is 6.54 Å². The van der Waals surface area contributed by atoms with Gasteiger partial charge in [0, 0.05) is 23.1 Å². The normalized spacial score (nSPS) is 11.7. The predicted molar refractivity (Wildman–Crippen MR) is 78.8 cm³/mol. The fraction of sp³-hybridized carbons (Fsp3) is 0.500. The molecule has 106 valence electrons. The average molecular weight is 331 g/mol. The molecule has 0 fully saturated rings. The molecule has 0 atom stereocenters. The van der Waals surface area contributed by atoms with Gasteiger partial charge >= 0.3 is 0 Å². The number of nitrogens with zero attached hydrogens (tertiary/aromatic N) is 1. The molecule has 0 heterocycles. The minimum absolute atomic E-state index is 0.0380. The monoisotopic (exact) mass is 330 g/mol. The summed E-state index contributed by atoms with van der Waals surface area (Å²) in [7, 11) is 3.99. The van der Waals surface area contributed by atoms with E-state index in [1.807, 2.05) is 14.1 Å². The van der Waals surface area contributed by atoms with Gasteiger partial charge in [-0.25, -0.2) is 4.39 Å². The summed E-state index contributed by atoms with van der Waals surface area (Å²) in [6.07, 6.45) is 0. The molecule has 1 aromatic carbocycles. The summed E-state index contributed by atoms with van der Waals surface area (Å²) in [5.74, 6) is -0.681. The lowest BCUT2D eigenvalue weighted by atomic mass is 9.93. The maximum Gasteiger partial charge on any atom is 0.251 e. The van der Waals surface area contributed by atoms with Crippen molar-refractivity contribution in [3.8, 4) is 0 Å². The molecule has 1 amide bonds. The Hall–Kier alpha value is -0.940. The van der Waals surface area contributed by atoms with Crippen LogP contribution in [0.2, 0.25) is 0 Å². The molecule has 0 aliphatic heterocycles. The smallest absolute Gasteiger partial charge is 0.251 e. The Morgan fingerprint density at radius 1 is 1.37 bits per heavy atom. The maximum absolute atomic E-state index is 13.2. The summed E-state index contributed by atoms with van der Waals surface area (Å²) in [4.78, 5) is 14.0. The molecule has 19 heavy (non-hydrogen) atoms. The molecule has 0 spiro atoms. The molecule has 0 aliphatic rings. The van der Waals surface area contributed by atoms with Crippen LogP contribution in [0.15, 0.2) is 22.7 Å². The third kappa shape index (κ3) is 5.70. The Bertz CT molecular complexity index is 441. The largest absolute Gasteiger partial charge is 0.351 e. The van der Waals surface area contributed by atoms with Gasteiger partial charge in [-0.05, 0) is 37.7 Å². The summed E-state index contributed by atoms with van der Waals surface area (Å²) < 4.78 is 13.8. The summed E-state index contributed by atoms with van der Waals surface area (Å²) in [6, 6.07) is 4.17. The third-order valence-corrected chi connectivity index (χ3v) is 3.05. The van der Waals surface area contributed by atoms with Gasteiger partial charge in [0.25, 0.3) is 5.91 Å². The Morgan fingerprint density at radius 2 is 2.00 bits per heavy atom. The molecule has 0 bridgehead atoms. The lowest BCUT2D eigenvalue weighted by Crippen LogP contribution is -2.40. The highest BCUT2D eigenvalue weighted by Gasteiger charge is 2.20. The standard InChI is InChI=1S/C14H20BrFN2O/c1-14(2,9-18(3)4)8-17-13(19)10-5-11(15)7-12(16)6-10/h5-7H,8-9H2,1-4H3,(H,17,19). The molecule has 0 radical (unpaired) electrons. The van der Waals surface area contributed by atoms with E-state index in [4.69, 9.17) is 0 Å². The Morgan fingerprint density at radius 3 is 2.53 bits per heavy atom. The van der Waals surface area contributed by atoms with E-state index in [1.54, 1.807) is 6.07 Å².